The van der Waals surface area contributed by atoms with Crippen LogP contribution in [0.3, 0.4) is 0 Å². The SMILES string of the molecule is CCCn1cc(N)c(=O)n(CC2CCCCO2)c1=O. The maximum atomic E-state index is 12.2. The normalized spacial score (nSPS) is 19.5. The molecule has 0 bridgehead atoms. The number of hydrogen-bond donors (Lipinski definition) is 1. The van der Waals surface area contributed by atoms with Gasteiger partial charge in [0.25, 0.3) is 5.56 Å². The van der Waals surface area contributed by atoms with E-state index in [0.29, 0.717) is 19.7 Å². The van der Waals surface area contributed by atoms with Gasteiger partial charge in [0, 0.05) is 19.3 Å². The van der Waals surface area contributed by atoms with E-state index in [1.165, 1.54) is 15.3 Å². The van der Waals surface area contributed by atoms with E-state index in [9.17, 15) is 9.59 Å². The molecule has 1 aliphatic rings. The number of ether oxygens (including phenoxy) is 1. The highest BCUT2D eigenvalue weighted by molar-refractivity contribution is 5.31. The molecule has 0 spiro atoms. The number of nitrogen functional groups attached to an aromatic ring is 1. The van der Waals surface area contributed by atoms with Crippen LogP contribution >= 0.6 is 0 Å². The molecule has 1 saturated heterocycles. The third-order valence-electron chi connectivity index (χ3n) is 3.39. The molecule has 0 amide bonds. The highest BCUT2D eigenvalue weighted by Crippen LogP contribution is 2.13. The Balaban J connectivity index is 2.32. The Morgan fingerprint density at radius 1 is 1.42 bits per heavy atom. The van der Waals surface area contributed by atoms with Gasteiger partial charge in [-0.05, 0) is 25.7 Å². The lowest BCUT2D eigenvalue weighted by molar-refractivity contribution is 0.00451. The summed E-state index contributed by atoms with van der Waals surface area (Å²) in [5, 5.41) is 0. The first kappa shape index (κ1) is 13.9. The van der Waals surface area contributed by atoms with Gasteiger partial charge in [0.1, 0.15) is 5.69 Å². The Hall–Kier alpha value is -1.56. The number of aryl methyl sites for hydroxylation is 1. The maximum Gasteiger partial charge on any atom is 0.331 e. The molecule has 6 nitrogen and oxygen atoms in total. The largest absolute Gasteiger partial charge is 0.393 e. The van der Waals surface area contributed by atoms with Crippen LogP contribution in [-0.4, -0.2) is 21.8 Å². The summed E-state index contributed by atoms with van der Waals surface area (Å²) in [5.41, 5.74) is 5.10. The van der Waals surface area contributed by atoms with Crippen LogP contribution in [0.1, 0.15) is 32.6 Å². The number of anilines is 1. The fourth-order valence-electron chi connectivity index (χ4n) is 2.39. The zero-order chi connectivity index (χ0) is 13.8. The topological polar surface area (TPSA) is 79.2 Å². The first-order valence-electron chi connectivity index (χ1n) is 6.85. The zero-order valence-electron chi connectivity index (χ0n) is 11.3. The van der Waals surface area contributed by atoms with Crippen molar-refractivity contribution >= 4 is 5.69 Å². The second-order valence-corrected chi connectivity index (χ2v) is 4.96. The Labute approximate surface area is 111 Å². The van der Waals surface area contributed by atoms with Gasteiger partial charge in [-0.15, -0.1) is 0 Å². The average Bonchev–Trinajstić information content (AvgIpc) is 2.42. The van der Waals surface area contributed by atoms with Gasteiger partial charge < -0.3 is 10.5 Å². The molecule has 106 valence electrons. The summed E-state index contributed by atoms with van der Waals surface area (Å²) in [7, 11) is 0. The first-order chi connectivity index (χ1) is 9.13. The third-order valence-corrected chi connectivity index (χ3v) is 3.39. The van der Waals surface area contributed by atoms with Crippen molar-refractivity contribution in [2.24, 2.45) is 0 Å². The van der Waals surface area contributed by atoms with E-state index in [0.717, 1.165) is 25.7 Å². The highest BCUT2D eigenvalue weighted by Gasteiger charge is 2.18. The zero-order valence-corrected chi connectivity index (χ0v) is 11.3. The molecular weight excluding hydrogens is 246 g/mol. The maximum absolute atomic E-state index is 12.2. The van der Waals surface area contributed by atoms with Crippen molar-refractivity contribution in [1.29, 1.82) is 0 Å². The van der Waals surface area contributed by atoms with Crippen LogP contribution in [0.25, 0.3) is 0 Å². The van der Waals surface area contributed by atoms with Crippen LogP contribution < -0.4 is 17.0 Å². The van der Waals surface area contributed by atoms with Gasteiger partial charge in [-0.2, -0.15) is 0 Å². The first-order valence-corrected chi connectivity index (χ1v) is 6.85. The molecule has 1 aromatic rings. The van der Waals surface area contributed by atoms with Gasteiger partial charge >= 0.3 is 5.69 Å². The smallest absolute Gasteiger partial charge is 0.331 e. The number of aromatic nitrogens is 2. The van der Waals surface area contributed by atoms with Crippen molar-refractivity contribution in [2.75, 3.05) is 12.3 Å². The van der Waals surface area contributed by atoms with Crippen molar-refractivity contribution in [2.45, 2.75) is 51.8 Å². The lowest BCUT2D eigenvalue weighted by Crippen LogP contribution is -2.43. The summed E-state index contributed by atoms with van der Waals surface area (Å²) in [6, 6.07) is 0. The molecule has 0 aliphatic carbocycles. The lowest BCUT2D eigenvalue weighted by atomic mass is 10.1. The van der Waals surface area contributed by atoms with Crippen LogP contribution in [0.15, 0.2) is 15.8 Å². The van der Waals surface area contributed by atoms with E-state index < -0.39 is 5.56 Å². The molecule has 6 heteroatoms. The predicted octanol–water partition coefficient (Wildman–Crippen LogP) is 0.571. The summed E-state index contributed by atoms with van der Waals surface area (Å²) in [6.45, 7) is 3.54. The van der Waals surface area contributed by atoms with Crippen LogP contribution in [0.5, 0.6) is 0 Å². The van der Waals surface area contributed by atoms with Crippen molar-refractivity contribution in [3.63, 3.8) is 0 Å². The Kier molecular flexibility index (Phi) is 4.42. The van der Waals surface area contributed by atoms with Crippen molar-refractivity contribution < 1.29 is 4.74 Å². The minimum atomic E-state index is -0.411. The van der Waals surface area contributed by atoms with Crippen LogP contribution in [0.2, 0.25) is 0 Å². The van der Waals surface area contributed by atoms with E-state index in [4.69, 9.17) is 10.5 Å². The van der Waals surface area contributed by atoms with Crippen LogP contribution in [0, 0.1) is 0 Å². The third kappa shape index (κ3) is 3.07. The summed E-state index contributed by atoms with van der Waals surface area (Å²) in [4.78, 5) is 24.2. The van der Waals surface area contributed by atoms with E-state index in [1.54, 1.807) is 0 Å². The van der Waals surface area contributed by atoms with Crippen molar-refractivity contribution in [3.05, 3.63) is 27.0 Å². The summed E-state index contributed by atoms with van der Waals surface area (Å²) >= 11 is 0. The molecule has 1 aliphatic heterocycles. The predicted molar refractivity (Wildman–Crippen MR) is 73.3 cm³/mol. The molecule has 1 aromatic heterocycles. The second-order valence-electron chi connectivity index (χ2n) is 4.96. The Morgan fingerprint density at radius 2 is 2.21 bits per heavy atom. The van der Waals surface area contributed by atoms with Crippen molar-refractivity contribution in [3.8, 4) is 0 Å². The number of nitrogens with two attached hydrogens (primary N) is 1. The summed E-state index contributed by atoms with van der Waals surface area (Å²) < 4.78 is 8.29. The quantitative estimate of drug-likeness (QED) is 0.865. The average molecular weight is 267 g/mol. The fraction of sp³-hybridized carbons (Fsp3) is 0.692. The molecule has 0 aromatic carbocycles. The van der Waals surface area contributed by atoms with Crippen LogP contribution in [-0.2, 0) is 17.8 Å². The molecule has 1 unspecified atom stereocenters. The van der Waals surface area contributed by atoms with Gasteiger partial charge in [-0.3, -0.25) is 13.9 Å². The molecule has 1 fully saturated rings. The molecule has 2 rings (SSSR count). The molecule has 19 heavy (non-hydrogen) atoms. The Bertz CT molecular complexity index is 541. The van der Waals surface area contributed by atoms with Gasteiger partial charge in [0.15, 0.2) is 0 Å². The fourth-order valence-corrected chi connectivity index (χ4v) is 2.39. The number of nitrogens with zero attached hydrogens (tertiary/aromatic N) is 2. The van der Waals surface area contributed by atoms with E-state index in [-0.39, 0.29) is 17.5 Å². The molecule has 2 N–H and O–H groups in total. The Morgan fingerprint density at radius 3 is 2.84 bits per heavy atom. The second kappa shape index (κ2) is 6.06. The monoisotopic (exact) mass is 267 g/mol. The highest BCUT2D eigenvalue weighted by atomic mass is 16.5. The molecule has 0 radical (unpaired) electrons. The van der Waals surface area contributed by atoms with Gasteiger partial charge in [0.2, 0.25) is 0 Å². The van der Waals surface area contributed by atoms with E-state index in [1.807, 2.05) is 6.92 Å². The standard InChI is InChI=1S/C13H21N3O3/c1-2-6-15-9-11(14)12(17)16(13(15)18)8-10-5-3-4-7-19-10/h9-10H,2-8,14H2,1H3. The van der Waals surface area contributed by atoms with Crippen molar-refractivity contribution in [1.82, 2.24) is 9.13 Å². The molecule has 0 saturated carbocycles. The number of rotatable bonds is 4. The van der Waals surface area contributed by atoms with Gasteiger partial charge in [0.05, 0.1) is 12.6 Å². The molecule has 1 atom stereocenters. The van der Waals surface area contributed by atoms with Gasteiger partial charge in [-0.1, -0.05) is 6.92 Å². The molecular formula is C13H21N3O3. The minimum Gasteiger partial charge on any atom is -0.393 e. The minimum absolute atomic E-state index is 0.0592. The molecule has 2 heterocycles. The summed E-state index contributed by atoms with van der Waals surface area (Å²) in [5.74, 6) is 0. The van der Waals surface area contributed by atoms with Crippen LogP contribution in [0.4, 0.5) is 5.69 Å². The number of hydrogen-bond acceptors (Lipinski definition) is 4. The lowest BCUT2D eigenvalue weighted by Gasteiger charge is -2.23. The van der Waals surface area contributed by atoms with E-state index in [2.05, 4.69) is 0 Å². The van der Waals surface area contributed by atoms with E-state index >= 15 is 0 Å². The summed E-state index contributed by atoms with van der Waals surface area (Å²) in [6.07, 6.45) is 5.20. The van der Waals surface area contributed by atoms with Gasteiger partial charge in [-0.25, -0.2) is 4.79 Å².